The number of pyridine rings is 1. The molecule has 0 saturated heterocycles. The van der Waals surface area contributed by atoms with Crippen molar-refractivity contribution >= 4 is 39.0 Å². The molecule has 2 aromatic rings. The Morgan fingerprint density at radius 3 is 3.00 bits per heavy atom. The molecule has 2 heterocycles. The van der Waals surface area contributed by atoms with Crippen LogP contribution in [-0.4, -0.2) is 24.0 Å². The zero-order valence-corrected chi connectivity index (χ0v) is 13.6. The molecule has 0 aliphatic rings. The number of halogens is 1. The Hall–Kier alpha value is -1.40. The minimum Gasteiger partial charge on any atom is -0.370 e. The van der Waals surface area contributed by atoms with E-state index in [9.17, 15) is 4.79 Å². The van der Waals surface area contributed by atoms with Gasteiger partial charge >= 0.3 is 0 Å². The van der Waals surface area contributed by atoms with Gasteiger partial charge in [0, 0.05) is 23.8 Å². The van der Waals surface area contributed by atoms with Crippen molar-refractivity contribution in [3.05, 3.63) is 44.7 Å². The summed E-state index contributed by atoms with van der Waals surface area (Å²) in [7, 11) is 0. The first-order valence-electron chi connectivity index (χ1n) is 6.34. The zero-order chi connectivity index (χ0) is 14.4. The van der Waals surface area contributed by atoms with E-state index >= 15 is 0 Å². The highest BCUT2D eigenvalue weighted by Crippen LogP contribution is 2.16. The lowest BCUT2D eigenvalue weighted by atomic mass is 10.3. The highest BCUT2D eigenvalue weighted by Gasteiger charge is 2.05. The standard InChI is InChI=1S/C14H16BrN3OS/c1-10-8-11(15)9-18-13(10)16-5-3-6-17-14(19)12-4-2-7-20-12/h2,4,7-9H,3,5-6H2,1H3,(H,16,18)(H,17,19). The molecule has 2 aromatic heterocycles. The molecule has 6 heteroatoms. The van der Waals surface area contributed by atoms with E-state index in [1.54, 1.807) is 6.20 Å². The molecule has 2 rings (SSSR count). The fraction of sp³-hybridized carbons (Fsp3) is 0.286. The van der Waals surface area contributed by atoms with Gasteiger partial charge in [-0.1, -0.05) is 6.07 Å². The van der Waals surface area contributed by atoms with Gasteiger partial charge in [-0.2, -0.15) is 0 Å². The molecule has 0 atom stereocenters. The van der Waals surface area contributed by atoms with Crippen molar-refractivity contribution in [2.24, 2.45) is 0 Å². The first-order chi connectivity index (χ1) is 9.66. The van der Waals surface area contributed by atoms with Crippen LogP contribution in [0.25, 0.3) is 0 Å². The number of hydrogen-bond donors (Lipinski definition) is 2. The van der Waals surface area contributed by atoms with Gasteiger partial charge in [-0.3, -0.25) is 4.79 Å². The molecule has 4 nitrogen and oxygen atoms in total. The maximum atomic E-state index is 11.7. The first kappa shape index (κ1) is 15.0. The smallest absolute Gasteiger partial charge is 0.261 e. The Bertz CT molecular complexity index is 572. The number of nitrogens with zero attached hydrogens (tertiary/aromatic N) is 1. The van der Waals surface area contributed by atoms with E-state index in [4.69, 9.17) is 0 Å². The number of carbonyl (C=O) groups is 1. The summed E-state index contributed by atoms with van der Waals surface area (Å²) >= 11 is 4.84. The van der Waals surface area contributed by atoms with E-state index in [1.165, 1.54) is 11.3 Å². The number of nitrogens with one attached hydrogen (secondary N) is 2. The van der Waals surface area contributed by atoms with Gasteiger partial charge in [0.15, 0.2) is 0 Å². The van der Waals surface area contributed by atoms with Gasteiger partial charge in [-0.15, -0.1) is 11.3 Å². The van der Waals surface area contributed by atoms with Gasteiger partial charge < -0.3 is 10.6 Å². The van der Waals surface area contributed by atoms with E-state index in [0.717, 1.165) is 33.7 Å². The average molecular weight is 354 g/mol. The lowest BCUT2D eigenvalue weighted by Crippen LogP contribution is -2.25. The maximum Gasteiger partial charge on any atom is 0.261 e. The molecular weight excluding hydrogens is 338 g/mol. The van der Waals surface area contributed by atoms with Gasteiger partial charge in [0.05, 0.1) is 4.88 Å². The number of aromatic nitrogens is 1. The quantitative estimate of drug-likeness (QED) is 0.782. The predicted octanol–water partition coefficient (Wildman–Crippen LogP) is 3.45. The molecule has 0 bridgehead atoms. The lowest BCUT2D eigenvalue weighted by Gasteiger charge is -2.09. The van der Waals surface area contributed by atoms with E-state index in [0.29, 0.717) is 6.54 Å². The molecule has 0 aliphatic heterocycles. The van der Waals surface area contributed by atoms with Crippen molar-refractivity contribution in [3.63, 3.8) is 0 Å². The van der Waals surface area contributed by atoms with E-state index in [1.807, 2.05) is 30.5 Å². The topological polar surface area (TPSA) is 54.0 Å². The molecule has 0 saturated carbocycles. The molecule has 0 aliphatic carbocycles. The van der Waals surface area contributed by atoms with Crippen LogP contribution in [-0.2, 0) is 0 Å². The van der Waals surface area contributed by atoms with Crippen molar-refractivity contribution in [1.29, 1.82) is 0 Å². The van der Waals surface area contributed by atoms with E-state index < -0.39 is 0 Å². The molecule has 0 fully saturated rings. The van der Waals surface area contributed by atoms with Gasteiger partial charge in [0.2, 0.25) is 0 Å². The number of amides is 1. The van der Waals surface area contributed by atoms with Crippen LogP contribution in [0.3, 0.4) is 0 Å². The fourth-order valence-electron chi connectivity index (χ4n) is 1.72. The van der Waals surface area contributed by atoms with E-state index in [2.05, 4.69) is 31.5 Å². The molecule has 0 spiro atoms. The van der Waals surface area contributed by atoms with Crippen LogP contribution >= 0.6 is 27.3 Å². The van der Waals surface area contributed by atoms with Crippen LogP contribution in [0.4, 0.5) is 5.82 Å². The molecule has 2 N–H and O–H groups in total. The highest BCUT2D eigenvalue weighted by molar-refractivity contribution is 9.10. The Balaban J connectivity index is 1.68. The Kier molecular flexibility index (Phi) is 5.55. The molecular formula is C14H16BrN3OS. The monoisotopic (exact) mass is 353 g/mol. The minimum atomic E-state index is -0.00190. The van der Waals surface area contributed by atoms with Crippen molar-refractivity contribution < 1.29 is 4.79 Å². The third-order valence-electron chi connectivity index (χ3n) is 2.72. The van der Waals surface area contributed by atoms with Crippen LogP contribution in [0.2, 0.25) is 0 Å². The SMILES string of the molecule is Cc1cc(Br)cnc1NCCCNC(=O)c1cccs1. The number of hydrogen-bond acceptors (Lipinski definition) is 4. The Labute approximate surface area is 130 Å². The van der Waals surface area contributed by atoms with E-state index in [-0.39, 0.29) is 5.91 Å². The van der Waals surface area contributed by atoms with Gasteiger partial charge in [-0.05, 0) is 52.4 Å². The summed E-state index contributed by atoms with van der Waals surface area (Å²) in [6.07, 6.45) is 2.63. The van der Waals surface area contributed by atoms with Gasteiger partial charge in [0.1, 0.15) is 5.82 Å². The minimum absolute atomic E-state index is 0.00190. The number of rotatable bonds is 6. The second-order valence-corrected chi connectivity index (χ2v) is 6.20. The lowest BCUT2D eigenvalue weighted by molar-refractivity contribution is 0.0957. The Morgan fingerprint density at radius 1 is 1.45 bits per heavy atom. The summed E-state index contributed by atoms with van der Waals surface area (Å²) in [6.45, 7) is 3.44. The average Bonchev–Trinajstić information content (AvgIpc) is 2.94. The second kappa shape index (κ2) is 7.40. The number of thiophene rings is 1. The number of aryl methyl sites for hydroxylation is 1. The largest absolute Gasteiger partial charge is 0.370 e. The summed E-state index contributed by atoms with van der Waals surface area (Å²) in [5.41, 5.74) is 1.10. The normalized spacial score (nSPS) is 10.3. The summed E-state index contributed by atoms with van der Waals surface area (Å²) in [6, 6.07) is 5.73. The third-order valence-corrected chi connectivity index (χ3v) is 4.02. The van der Waals surface area contributed by atoms with Crippen molar-refractivity contribution in [1.82, 2.24) is 10.3 Å². The van der Waals surface area contributed by atoms with Crippen LogP contribution in [0, 0.1) is 6.92 Å². The maximum absolute atomic E-state index is 11.7. The summed E-state index contributed by atoms with van der Waals surface area (Å²) in [4.78, 5) is 16.8. The molecule has 106 valence electrons. The first-order valence-corrected chi connectivity index (χ1v) is 8.02. The summed E-state index contributed by atoms with van der Waals surface area (Å²) in [5.74, 6) is 0.885. The zero-order valence-electron chi connectivity index (χ0n) is 11.1. The van der Waals surface area contributed by atoms with Crippen molar-refractivity contribution in [3.8, 4) is 0 Å². The molecule has 0 unspecified atom stereocenters. The number of anilines is 1. The third kappa shape index (κ3) is 4.31. The van der Waals surface area contributed by atoms with Gasteiger partial charge in [0.25, 0.3) is 5.91 Å². The number of carbonyl (C=O) groups excluding carboxylic acids is 1. The fourth-order valence-corrected chi connectivity index (χ4v) is 2.80. The predicted molar refractivity (Wildman–Crippen MR) is 86.4 cm³/mol. The Morgan fingerprint density at radius 2 is 2.30 bits per heavy atom. The molecule has 1 amide bonds. The van der Waals surface area contributed by atoms with Crippen LogP contribution in [0.1, 0.15) is 21.7 Å². The molecule has 20 heavy (non-hydrogen) atoms. The van der Waals surface area contributed by atoms with Crippen molar-refractivity contribution in [2.75, 3.05) is 18.4 Å². The highest BCUT2D eigenvalue weighted by atomic mass is 79.9. The van der Waals surface area contributed by atoms with Crippen LogP contribution in [0.15, 0.2) is 34.2 Å². The van der Waals surface area contributed by atoms with Crippen LogP contribution in [0.5, 0.6) is 0 Å². The molecule has 0 aromatic carbocycles. The summed E-state index contributed by atoms with van der Waals surface area (Å²) < 4.78 is 0.976. The van der Waals surface area contributed by atoms with Crippen LogP contribution < -0.4 is 10.6 Å². The molecule has 0 radical (unpaired) electrons. The second-order valence-electron chi connectivity index (χ2n) is 4.33. The van der Waals surface area contributed by atoms with Gasteiger partial charge in [-0.25, -0.2) is 4.98 Å². The summed E-state index contributed by atoms with van der Waals surface area (Å²) in [5, 5.41) is 8.07. The van der Waals surface area contributed by atoms with Crippen molar-refractivity contribution in [2.45, 2.75) is 13.3 Å².